The molecule has 10 heavy (non-hydrogen) atoms. The van der Waals surface area contributed by atoms with Crippen LogP contribution in [0.25, 0.3) is 0 Å². The largest absolute Gasteiger partial charge is 0.376 e. The summed E-state index contributed by atoms with van der Waals surface area (Å²) in [6, 6.07) is 0. The molecule has 0 radical (unpaired) electrons. The molecule has 2 aliphatic rings. The lowest BCUT2D eigenvalue weighted by atomic mass is 10.1. The number of rotatable bonds is 3. The zero-order valence-corrected chi connectivity index (χ0v) is 6.51. The topological polar surface area (TPSA) is 23.2 Å². The summed E-state index contributed by atoms with van der Waals surface area (Å²) < 4.78 is 0. The first-order valence-corrected chi connectivity index (χ1v) is 4.16. The first-order chi connectivity index (χ1) is 4.68. The predicted molar refractivity (Wildman–Crippen MR) is 39.5 cm³/mol. The molecule has 58 valence electrons. The van der Waals surface area contributed by atoms with Crippen LogP contribution in [0.3, 0.4) is 0 Å². The van der Waals surface area contributed by atoms with Crippen molar-refractivity contribution in [2.24, 2.45) is 5.92 Å². The van der Waals surface area contributed by atoms with Crippen molar-refractivity contribution >= 4 is 0 Å². The van der Waals surface area contributed by atoms with Gasteiger partial charge in [-0.05, 0) is 19.3 Å². The highest BCUT2D eigenvalue weighted by atomic mass is 16.3. The molecular formula is C8H15NO. The molecule has 2 fully saturated rings. The van der Waals surface area contributed by atoms with Gasteiger partial charge in [0.25, 0.3) is 0 Å². The van der Waals surface area contributed by atoms with Gasteiger partial charge in [-0.25, -0.2) is 0 Å². The average Bonchev–Trinajstić information content (AvgIpc) is 2.58. The first kappa shape index (κ1) is 6.62. The van der Waals surface area contributed by atoms with Crippen LogP contribution in [0.4, 0.5) is 0 Å². The smallest absolute Gasteiger partial charge is 0.116 e. The molecule has 2 nitrogen and oxygen atoms in total. The molecule has 0 spiro atoms. The second-order valence-electron chi connectivity index (χ2n) is 3.85. The normalized spacial score (nSPS) is 31.8. The highest BCUT2D eigenvalue weighted by molar-refractivity contribution is 4.89. The summed E-state index contributed by atoms with van der Waals surface area (Å²) in [6.07, 6.45) is 3.67. The van der Waals surface area contributed by atoms with Gasteiger partial charge in [-0.1, -0.05) is 12.8 Å². The molecule has 1 saturated heterocycles. The third-order valence-corrected chi connectivity index (χ3v) is 2.50. The van der Waals surface area contributed by atoms with Gasteiger partial charge in [-0.15, -0.1) is 0 Å². The number of hydrogen-bond donors (Lipinski definition) is 1. The minimum atomic E-state index is -0.471. The summed E-state index contributed by atoms with van der Waals surface area (Å²) >= 11 is 0. The second kappa shape index (κ2) is 1.95. The fourth-order valence-corrected chi connectivity index (χ4v) is 1.53. The standard InChI is InChI=1S/C8H15NO/c1-8(10,9-4-5-9)6-7-2-3-7/h7,10H,2-6H2,1H3. The SMILES string of the molecule is CC(O)(CC1CC1)N1CC1. The summed E-state index contributed by atoms with van der Waals surface area (Å²) in [5.41, 5.74) is -0.471. The van der Waals surface area contributed by atoms with E-state index in [4.69, 9.17) is 0 Å². The third kappa shape index (κ3) is 1.32. The van der Waals surface area contributed by atoms with Crippen LogP contribution < -0.4 is 0 Å². The maximum absolute atomic E-state index is 9.79. The predicted octanol–water partition coefficient (Wildman–Crippen LogP) is 0.811. The summed E-state index contributed by atoms with van der Waals surface area (Å²) in [5, 5.41) is 9.79. The Labute approximate surface area is 61.8 Å². The molecule has 0 aromatic rings. The highest BCUT2D eigenvalue weighted by Crippen LogP contribution is 2.39. The fraction of sp³-hybridized carbons (Fsp3) is 1.00. The van der Waals surface area contributed by atoms with Crippen molar-refractivity contribution in [1.29, 1.82) is 0 Å². The van der Waals surface area contributed by atoms with Crippen molar-refractivity contribution in [2.45, 2.75) is 31.9 Å². The van der Waals surface area contributed by atoms with Crippen molar-refractivity contribution in [1.82, 2.24) is 4.90 Å². The molecule has 0 aromatic carbocycles. The van der Waals surface area contributed by atoms with Crippen molar-refractivity contribution in [3.8, 4) is 0 Å². The van der Waals surface area contributed by atoms with E-state index < -0.39 is 5.72 Å². The number of aliphatic hydroxyl groups is 1. The van der Waals surface area contributed by atoms with E-state index in [9.17, 15) is 5.11 Å². The Bertz CT molecular complexity index is 136. The summed E-state index contributed by atoms with van der Waals surface area (Å²) in [7, 11) is 0. The minimum Gasteiger partial charge on any atom is -0.376 e. The van der Waals surface area contributed by atoms with Crippen molar-refractivity contribution < 1.29 is 5.11 Å². The molecule has 1 aliphatic heterocycles. The molecular weight excluding hydrogens is 126 g/mol. The van der Waals surface area contributed by atoms with Crippen LogP contribution in [0.15, 0.2) is 0 Å². The van der Waals surface area contributed by atoms with Gasteiger partial charge in [0.1, 0.15) is 5.72 Å². The van der Waals surface area contributed by atoms with E-state index in [0.29, 0.717) is 0 Å². The maximum atomic E-state index is 9.79. The lowest BCUT2D eigenvalue weighted by Gasteiger charge is -2.24. The van der Waals surface area contributed by atoms with Crippen LogP contribution in [-0.2, 0) is 0 Å². The van der Waals surface area contributed by atoms with E-state index in [1.165, 1.54) is 12.8 Å². The van der Waals surface area contributed by atoms with E-state index in [0.717, 1.165) is 25.4 Å². The van der Waals surface area contributed by atoms with Gasteiger partial charge < -0.3 is 5.11 Å². The summed E-state index contributed by atoms with van der Waals surface area (Å²) in [5.74, 6) is 0.829. The maximum Gasteiger partial charge on any atom is 0.116 e. The lowest BCUT2D eigenvalue weighted by Crippen LogP contribution is -2.34. The Balaban J connectivity index is 1.85. The molecule has 1 N–H and O–H groups in total. The zero-order valence-electron chi connectivity index (χ0n) is 6.51. The number of hydrogen-bond acceptors (Lipinski definition) is 2. The monoisotopic (exact) mass is 141 g/mol. The molecule has 1 atom stereocenters. The molecule has 1 aliphatic carbocycles. The fourth-order valence-electron chi connectivity index (χ4n) is 1.53. The molecule has 2 heteroatoms. The summed E-state index contributed by atoms with van der Waals surface area (Å²) in [6.45, 7) is 4.14. The van der Waals surface area contributed by atoms with Crippen molar-refractivity contribution in [3.63, 3.8) is 0 Å². The molecule has 2 rings (SSSR count). The molecule has 0 bridgehead atoms. The van der Waals surface area contributed by atoms with E-state index in [1.807, 2.05) is 6.92 Å². The molecule has 1 unspecified atom stereocenters. The van der Waals surface area contributed by atoms with Crippen LogP contribution in [0.2, 0.25) is 0 Å². The Morgan fingerprint density at radius 3 is 2.50 bits per heavy atom. The second-order valence-corrected chi connectivity index (χ2v) is 3.85. The molecule has 0 amide bonds. The van der Waals surface area contributed by atoms with Crippen molar-refractivity contribution in [2.75, 3.05) is 13.1 Å². The zero-order chi connectivity index (χ0) is 7.19. The molecule has 0 aromatic heterocycles. The van der Waals surface area contributed by atoms with Gasteiger partial charge in [0.2, 0.25) is 0 Å². The summed E-state index contributed by atoms with van der Waals surface area (Å²) in [4.78, 5) is 2.13. The Morgan fingerprint density at radius 1 is 1.50 bits per heavy atom. The van der Waals surface area contributed by atoms with Gasteiger partial charge in [0, 0.05) is 13.1 Å². The van der Waals surface area contributed by atoms with Gasteiger partial charge in [-0.2, -0.15) is 0 Å². The van der Waals surface area contributed by atoms with E-state index >= 15 is 0 Å². The Kier molecular flexibility index (Phi) is 1.29. The van der Waals surface area contributed by atoms with Crippen LogP contribution in [0.5, 0.6) is 0 Å². The highest BCUT2D eigenvalue weighted by Gasteiger charge is 2.40. The Morgan fingerprint density at radius 2 is 2.10 bits per heavy atom. The number of nitrogens with zero attached hydrogens (tertiary/aromatic N) is 1. The Hall–Kier alpha value is -0.0800. The van der Waals surface area contributed by atoms with Crippen molar-refractivity contribution in [3.05, 3.63) is 0 Å². The van der Waals surface area contributed by atoms with Gasteiger partial charge in [0.05, 0.1) is 0 Å². The third-order valence-electron chi connectivity index (χ3n) is 2.50. The first-order valence-electron chi connectivity index (χ1n) is 4.16. The van der Waals surface area contributed by atoms with E-state index in [2.05, 4.69) is 4.90 Å². The minimum absolute atomic E-state index is 0.471. The van der Waals surface area contributed by atoms with Crippen LogP contribution in [0.1, 0.15) is 26.2 Å². The van der Waals surface area contributed by atoms with Gasteiger partial charge in [-0.3, -0.25) is 4.90 Å². The van der Waals surface area contributed by atoms with Gasteiger partial charge in [0.15, 0.2) is 0 Å². The quantitative estimate of drug-likeness (QED) is 0.588. The lowest BCUT2D eigenvalue weighted by molar-refractivity contribution is -0.0430. The van der Waals surface area contributed by atoms with Crippen LogP contribution in [0, 0.1) is 5.92 Å². The van der Waals surface area contributed by atoms with E-state index in [1.54, 1.807) is 0 Å². The van der Waals surface area contributed by atoms with Crippen LogP contribution >= 0.6 is 0 Å². The van der Waals surface area contributed by atoms with E-state index in [-0.39, 0.29) is 0 Å². The molecule has 1 saturated carbocycles. The van der Waals surface area contributed by atoms with Crippen LogP contribution in [-0.4, -0.2) is 28.8 Å². The molecule has 1 heterocycles. The average molecular weight is 141 g/mol. The van der Waals surface area contributed by atoms with Gasteiger partial charge >= 0.3 is 0 Å².